The number of pyridine rings is 1. The molecule has 0 fully saturated rings. The smallest absolute Gasteiger partial charge is 0.305 e. The van der Waals surface area contributed by atoms with Crippen LogP contribution in [0.3, 0.4) is 0 Å². The Morgan fingerprint density at radius 2 is 1.95 bits per heavy atom. The largest absolute Gasteiger partial charge is 0.469 e. The van der Waals surface area contributed by atoms with E-state index < -0.39 is 23.4 Å². The summed E-state index contributed by atoms with van der Waals surface area (Å²) in [5, 5.41) is 0.211. The van der Waals surface area contributed by atoms with Gasteiger partial charge in [-0.05, 0) is 24.6 Å². The number of methoxy groups -OCH3 is 1. The number of esters is 1. The molecule has 0 aliphatic carbocycles. The minimum Gasteiger partial charge on any atom is -0.469 e. The van der Waals surface area contributed by atoms with Crippen LogP contribution in [-0.2, 0) is 16.0 Å². The average molecular weight is 283 g/mol. The fourth-order valence-electron chi connectivity index (χ4n) is 1.96. The quantitative estimate of drug-likeness (QED) is 0.642. The molecule has 0 aliphatic rings. The van der Waals surface area contributed by atoms with Crippen molar-refractivity contribution in [2.75, 3.05) is 7.11 Å². The van der Waals surface area contributed by atoms with Gasteiger partial charge >= 0.3 is 5.97 Å². The van der Waals surface area contributed by atoms with Gasteiger partial charge in [0.15, 0.2) is 17.5 Å². The maximum atomic E-state index is 13.7. The highest BCUT2D eigenvalue weighted by Gasteiger charge is 2.17. The summed E-state index contributed by atoms with van der Waals surface area (Å²) in [6.07, 6.45) is 0.321. The second kappa shape index (κ2) is 5.48. The summed E-state index contributed by atoms with van der Waals surface area (Å²) in [6.45, 7) is 1.64. The van der Waals surface area contributed by atoms with Crippen LogP contribution in [0.5, 0.6) is 0 Å². The Balaban J connectivity index is 2.48. The molecule has 106 valence electrons. The minimum absolute atomic E-state index is 0.0831. The first kappa shape index (κ1) is 14.3. The number of carbonyl (C=O) groups excluding carboxylic acids is 1. The third-order valence-corrected chi connectivity index (χ3v) is 3.01. The highest BCUT2D eigenvalue weighted by molar-refractivity contribution is 5.83. The normalized spacial score (nSPS) is 10.8. The summed E-state index contributed by atoms with van der Waals surface area (Å²) in [6, 6.07) is 2.53. The number of fused-ring (bicyclic) bond motifs is 1. The monoisotopic (exact) mass is 283 g/mol. The van der Waals surface area contributed by atoms with Crippen molar-refractivity contribution >= 4 is 16.9 Å². The van der Waals surface area contributed by atoms with E-state index >= 15 is 0 Å². The first-order valence-corrected chi connectivity index (χ1v) is 5.94. The molecule has 0 spiro atoms. The fraction of sp³-hybridized carbons (Fsp3) is 0.286. The Bertz CT molecular complexity index is 686. The lowest BCUT2D eigenvalue weighted by Gasteiger charge is -2.08. The molecule has 20 heavy (non-hydrogen) atoms. The van der Waals surface area contributed by atoms with Crippen LogP contribution in [0.1, 0.15) is 17.7 Å². The summed E-state index contributed by atoms with van der Waals surface area (Å²) >= 11 is 0. The topological polar surface area (TPSA) is 39.2 Å². The van der Waals surface area contributed by atoms with E-state index in [-0.39, 0.29) is 23.7 Å². The van der Waals surface area contributed by atoms with Crippen LogP contribution in [0.2, 0.25) is 0 Å². The molecule has 0 radical (unpaired) electrons. The van der Waals surface area contributed by atoms with Crippen molar-refractivity contribution in [3.05, 3.63) is 40.8 Å². The second-order valence-corrected chi connectivity index (χ2v) is 4.39. The summed E-state index contributed by atoms with van der Waals surface area (Å²) in [7, 11) is 1.26. The van der Waals surface area contributed by atoms with Gasteiger partial charge in [0.05, 0.1) is 13.5 Å². The van der Waals surface area contributed by atoms with Crippen molar-refractivity contribution in [1.82, 2.24) is 4.98 Å². The Morgan fingerprint density at radius 3 is 2.60 bits per heavy atom. The van der Waals surface area contributed by atoms with Crippen LogP contribution in [0.25, 0.3) is 10.9 Å². The lowest BCUT2D eigenvalue weighted by molar-refractivity contribution is -0.140. The lowest BCUT2D eigenvalue weighted by atomic mass is 10.1. The minimum atomic E-state index is -1.55. The number of benzene rings is 1. The van der Waals surface area contributed by atoms with Gasteiger partial charge in [0, 0.05) is 17.5 Å². The molecule has 0 aliphatic heterocycles. The number of rotatable bonds is 3. The molecule has 0 saturated heterocycles. The molecule has 0 unspecified atom stereocenters. The van der Waals surface area contributed by atoms with E-state index in [4.69, 9.17) is 0 Å². The molecule has 0 bridgehead atoms. The van der Waals surface area contributed by atoms with Crippen molar-refractivity contribution in [2.45, 2.75) is 19.8 Å². The number of halogens is 3. The zero-order chi connectivity index (χ0) is 14.9. The summed E-state index contributed by atoms with van der Waals surface area (Å²) in [5.41, 5.74) is 0.752. The number of hydrogen-bond donors (Lipinski definition) is 0. The number of aryl methyl sites for hydroxylation is 2. The van der Waals surface area contributed by atoms with Crippen molar-refractivity contribution in [2.24, 2.45) is 0 Å². The molecule has 3 nitrogen and oxygen atoms in total. The Hall–Kier alpha value is -2.11. The van der Waals surface area contributed by atoms with Gasteiger partial charge in [0.2, 0.25) is 0 Å². The van der Waals surface area contributed by atoms with E-state index in [1.165, 1.54) is 7.11 Å². The number of ether oxygens (including phenoxy) is 1. The predicted molar refractivity (Wildman–Crippen MR) is 66.7 cm³/mol. The highest BCUT2D eigenvalue weighted by atomic mass is 19.2. The van der Waals surface area contributed by atoms with Crippen molar-refractivity contribution in [3.8, 4) is 0 Å². The molecule has 1 aromatic carbocycles. The van der Waals surface area contributed by atoms with Crippen molar-refractivity contribution < 1.29 is 22.7 Å². The fourth-order valence-corrected chi connectivity index (χ4v) is 1.96. The molecule has 0 saturated carbocycles. The second-order valence-electron chi connectivity index (χ2n) is 4.39. The first-order chi connectivity index (χ1) is 9.43. The van der Waals surface area contributed by atoms with Crippen LogP contribution in [-0.4, -0.2) is 18.1 Å². The molecule has 0 amide bonds. The van der Waals surface area contributed by atoms with E-state index in [9.17, 15) is 18.0 Å². The SMILES string of the molecule is COC(=O)CCc1cc(C)c2cc(F)c(F)c(F)c2n1. The molecule has 6 heteroatoms. The zero-order valence-corrected chi connectivity index (χ0v) is 11.0. The van der Waals surface area contributed by atoms with E-state index in [2.05, 4.69) is 9.72 Å². The summed E-state index contributed by atoms with van der Waals surface area (Å²) in [4.78, 5) is 15.0. The van der Waals surface area contributed by atoms with Crippen molar-refractivity contribution in [3.63, 3.8) is 0 Å². The third kappa shape index (κ3) is 2.59. The molecular weight excluding hydrogens is 271 g/mol. The first-order valence-electron chi connectivity index (χ1n) is 5.94. The summed E-state index contributed by atoms with van der Waals surface area (Å²) < 4.78 is 44.6. The van der Waals surface area contributed by atoms with Gasteiger partial charge in [0.25, 0.3) is 0 Å². The number of hydrogen-bond acceptors (Lipinski definition) is 3. The van der Waals surface area contributed by atoms with Gasteiger partial charge in [-0.25, -0.2) is 18.2 Å². The van der Waals surface area contributed by atoms with Gasteiger partial charge in [0.1, 0.15) is 5.52 Å². The standard InChI is InChI=1S/C14H12F3NO2/c1-7-5-8(3-4-11(19)20-2)18-14-9(7)6-10(15)12(16)13(14)17/h5-6H,3-4H2,1-2H3. The Kier molecular flexibility index (Phi) is 3.92. The van der Waals surface area contributed by atoms with Crippen LogP contribution in [0.15, 0.2) is 12.1 Å². The molecule has 0 atom stereocenters. The highest BCUT2D eigenvalue weighted by Crippen LogP contribution is 2.25. The van der Waals surface area contributed by atoms with Gasteiger partial charge < -0.3 is 4.74 Å². The molecule has 1 heterocycles. The maximum Gasteiger partial charge on any atom is 0.305 e. The van der Waals surface area contributed by atoms with E-state index in [1.54, 1.807) is 13.0 Å². The third-order valence-electron chi connectivity index (χ3n) is 3.01. The van der Waals surface area contributed by atoms with Crippen LogP contribution < -0.4 is 0 Å². The number of carbonyl (C=O) groups is 1. The van der Waals surface area contributed by atoms with E-state index in [0.29, 0.717) is 11.3 Å². The Labute approximate surface area is 113 Å². The Morgan fingerprint density at radius 1 is 1.25 bits per heavy atom. The molecular formula is C14H12F3NO2. The van der Waals surface area contributed by atoms with Crippen molar-refractivity contribution in [1.29, 1.82) is 0 Å². The van der Waals surface area contributed by atoms with Gasteiger partial charge in [-0.15, -0.1) is 0 Å². The van der Waals surface area contributed by atoms with Gasteiger partial charge in [-0.3, -0.25) is 4.79 Å². The van der Waals surface area contributed by atoms with Gasteiger partial charge in [-0.1, -0.05) is 0 Å². The molecule has 0 N–H and O–H groups in total. The maximum absolute atomic E-state index is 13.7. The zero-order valence-electron chi connectivity index (χ0n) is 11.0. The van der Waals surface area contributed by atoms with E-state index in [0.717, 1.165) is 6.07 Å². The average Bonchev–Trinajstić information content (AvgIpc) is 2.43. The molecule has 2 rings (SSSR count). The van der Waals surface area contributed by atoms with Crippen LogP contribution in [0, 0.1) is 24.4 Å². The van der Waals surface area contributed by atoms with E-state index in [1.807, 2.05) is 0 Å². The molecule has 1 aromatic heterocycles. The predicted octanol–water partition coefficient (Wildman–Crippen LogP) is 3.07. The van der Waals surface area contributed by atoms with Gasteiger partial charge in [-0.2, -0.15) is 0 Å². The molecule has 2 aromatic rings. The van der Waals surface area contributed by atoms with Crippen LogP contribution >= 0.6 is 0 Å². The van der Waals surface area contributed by atoms with Crippen LogP contribution in [0.4, 0.5) is 13.2 Å². The number of nitrogens with zero attached hydrogens (tertiary/aromatic N) is 1. The lowest BCUT2D eigenvalue weighted by Crippen LogP contribution is -2.04. The summed E-state index contributed by atoms with van der Waals surface area (Å²) in [5.74, 6) is -4.53. The number of aromatic nitrogens is 1.